The molecule has 2 rings (SSSR count). The lowest BCUT2D eigenvalue weighted by Crippen LogP contribution is -2.63. The van der Waals surface area contributed by atoms with E-state index in [2.05, 4.69) is 12.2 Å². The molecule has 0 aromatic heterocycles. The first kappa shape index (κ1) is 15.0. The number of unbranched alkanes of at least 4 members (excludes halogenated alkanes) is 2. The van der Waals surface area contributed by atoms with Crippen molar-refractivity contribution < 1.29 is 14.4 Å². The maximum atomic E-state index is 12.7. The van der Waals surface area contributed by atoms with Gasteiger partial charge in [0, 0.05) is 6.54 Å². The van der Waals surface area contributed by atoms with Crippen LogP contribution in [0.25, 0.3) is 0 Å². The van der Waals surface area contributed by atoms with E-state index in [1.54, 1.807) is 0 Å². The number of nitrogens with one attached hydrogen (secondary N) is 1. The summed E-state index contributed by atoms with van der Waals surface area (Å²) in [5.74, 6) is -0.634. The molecule has 1 spiro atoms. The van der Waals surface area contributed by atoms with Crippen LogP contribution in [0.5, 0.6) is 0 Å². The zero-order chi connectivity index (χ0) is 14.6. The lowest BCUT2D eigenvalue weighted by molar-refractivity contribution is -0.152. The summed E-state index contributed by atoms with van der Waals surface area (Å²) in [4.78, 5) is 38.1. The summed E-state index contributed by atoms with van der Waals surface area (Å²) in [5, 5.41) is 2.40. The highest BCUT2D eigenvalue weighted by molar-refractivity contribution is 6.19. The van der Waals surface area contributed by atoms with Gasteiger partial charge in [0.25, 0.3) is 0 Å². The van der Waals surface area contributed by atoms with Crippen LogP contribution in [0.2, 0.25) is 0 Å². The van der Waals surface area contributed by atoms with Crippen molar-refractivity contribution in [3.8, 4) is 0 Å². The first-order chi connectivity index (χ1) is 9.62. The van der Waals surface area contributed by atoms with E-state index in [4.69, 9.17) is 0 Å². The van der Waals surface area contributed by atoms with Gasteiger partial charge in [-0.1, -0.05) is 45.4 Å². The number of hydrogen-bond acceptors (Lipinski definition) is 3. The fourth-order valence-corrected chi connectivity index (χ4v) is 3.23. The molecule has 5 heteroatoms. The van der Waals surface area contributed by atoms with Gasteiger partial charge in [0.05, 0.1) is 0 Å². The minimum absolute atomic E-state index is 0.260. The molecule has 1 aliphatic carbocycles. The number of imide groups is 2. The third-order valence-corrected chi connectivity index (χ3v) is 4.50. The average molecular weight is 280 g/mol. The van der Waals surface area contributed by atoms with Gasteiger partial charge in [-0.05, 0) is 19.3 Å². The zero-order valence-corrected chi connectivity index (χ0v) is 12.2. The molecule has 0 aromatic carbocycles. The molecule has 1 aliphatic heterocycles. The number of urea groups is 1. The molecular formula is C15H24N2O3. The predicted molar refractivity (Wildman–Crippen MR) is 74.9 cm³/mol. The van der Waals surface area contributed by atoms with E-state index in [1.165, 1.54) is 4.90 Å². The third-order valence-electron chi connectivity index (χ3n) is 4.50. The number of barbiturate groups is 1. The van der Waals surface area contributed by atoms with Crippen LogP contribution in [0.1, 0.15) is 64.7 Å². The van der Waals surface area contributed by atoms with Crippen molar-refractivity contribution in [3.63, 3.8) is 0 Å². The number of carbonyl (C=O) groups excluding carboxylic acids is 3. The second-order valence-corrected chi connectivity index (χ2v) is 5.92. The SMILES string of the molecule is CCCCCN1C(=O)NC(=O)C2(CCCCCC2)C1=O. The molecule has 1 N–H and O–H groups in total. The molecule has 20 heavy (non-hydrogen) atoms. The van der Waals surface area contributed by atoms with Gasteiger partial charge in [-0.2, -0.15) is 0 Å². The predicted octanol–water partition coefficient (Wildman–Crippen LogP) is 2.60. The minimum Gasteiger partial charge on any atom is -0.277 e. The van der Waals surface area contributed by atoms with Crippen molar-refractivity contribution >= 4 is 17.8 Å². The molecule has 0 atom stereocenters. The maximum absolute atomic E-state index is 12.7. The lowest BCUT2D eigenvalue weighted by Gasteiger charge is -2.38. The zero-order valence-electron chi connectivity index (χ0n) is 12.2. The first-order valence-electron chi connectivity index (χ1n) is 7.79. The van der Waals surface area contributed by atoms with Crippen molar-refractivity contribution in [2.75, 3.05) is 6.54 Å². The van der Waals surface area contributed by atoms with E-state index in [1.807, 2.05) is 0 Å². The molecule has 0 bridgehead atoms. The summed E-state index contributed by atoms with van der Waals surface area (Å²) in [7, 11) is 0. The van der Waals surface area contributed by atoms with Gasteiger partial charge < -0.3 is 0 Å². The van der Waals surface area contributed by atoms with E-state index in [0.29, 0.717) is 19.4 Å². The molecular weight excluding hydrogens is 256 g/mol. The standard InChI is InChI=1S/C15H24N2O3/c1-2-3-8-11-17-13(19)15(12(18)16-14(17)20)9-6-4-5-7-10-15/h2-11H2,1H3,(H,16,18,20). The summed E-state index contributed by atoms with van der Waals surface area (Å²) >= 11 is 0. The van der Waals surface area contributed by atoms with Crippen LogP contribution in [0.15, 0.2) is 0 Å². The Morgan fingerprint density at radius 1 is 1.05 bits per heavy atom. The highest BCUT2D eigenvalue weighted by Crippen LogP contribution is 2.39. The van der Waals surface area contributed by atoms with Crippen molar-refractivity contribution in [3.05, 3.63) is 0 Å². The van der Waals surface area contributed by atoms with E-state index >= 15 is 0 Å². The third kappa shape index (κ3) is 2.72. The molecule has 0 unspecified atom stereocenters. The van der Waals surface area contributed by atoms with Gasteiger partial charge in [-0.25, -0.2) is 4.79 Å². The second-order valence-electron chi connectivity index (χ2n) is 5.92. The molecule has 4 amide bonds. The van der Waals surface area contributed by atoms with Crippen LogP contribution in [0, 0.1) is 5.41 Å². The normalized spacial score (nSPS) is 22.9. The van der Waals surface area contributed by atoms with Crippen molar-refractivity contribution in [1.82, 2.24) is 10.2 Å². The van der Waals surface area contributed by atoms with Gasteiger partial charge in [-0.3, -0.25) is 19.8 Å². The van der Waals surface area contributed by atoms with E-state index in [-0.39, 0.29) is 11.8 Å². The molecule has 1 heterocycles. The Bertz CT molecular complexity index is 398. The summed E-state index contributed by atoms with van der Waals surface area (Å²) < 4.78 is 0. The molecule has 1 saturated heterocycles. The van der Waals surface area contributed by atoms with E-state index in [9.17, 15) is 14.4 Å². The van der Waals surface area contributed by atoms with Gasteiger partial charge in [0.1, 0.15) is 5.41 Å². The number of amides is 4. The van der Waals surface area contributed by atoms with Crippen LogP contribution in [-0.2, 0) is 9.59 Å². The Morgan fingerprint density at radius 2 is 1.70 bits per heavy atom. The number of carbonyl (C=O) groups is 3. The van der Waals surface area contributed by atoms with Crippen molar-refractivity contribution in [1.29, 1.82) is 0 Å². The summed E-state index contributed by atoms with van der Waals surface area (Å²) in [5.41, 5.74) is -0.976. The Balaban J connectivity index is 2.16. The van der Waals surface area contributed by atoms with Crippen LogP contribution in [-0.4, -0.2) is 29.3 Å². The largest absolute Gasteiger partial charge is 0.330 e. The lowest BCUT2D eigenvalue weighted by atomic mass is 9.77. The number of rotatable bonds is 4. The quantitative estimate of drug-likeness (QED) is 0.636. The molecule has 112 valence electrons. The van der Waals surface area contributed by atoms with Crippen molar-refractivity contribution in [2.45, 2.75) is 64.7 Å². The summed E-state index contributed by atoms with van der Waals surface area (Å²) in [6.45, 7) is 2.50. The molecule has 2 aliphatic rings. The number of hydrogen-bond donors (Lipinski definition) is 1. The Labute approximate surface area is 120 Å². The molecule has 0 aromatic rings. The molecule has 5 nitrogen and oxygen atoms in total. The van der Waals surface area contributed by atoms with Gasteiger partial charge in [0.2, 0.25) is 11.8 Å². The Morgan fingerprint density at radius 3 is 2.30 bits per heavy atom. The van der Waals surface area contributed by atoms with Gasteiger partial charge >= 0.3 is 6.03 Å². The van der Waals surface area contributed by atoms with E-state index < -0.39 is 11.4 Å². The molecule has 2 fully saturated rings. The molecule has 1 saturated carbocycles. The van der Waals surface area contributed by atoms with Gasteiger partial charge in [0.15, 0.2) is 0 Å². The highest BCUT2D eigenvalue weighted by atomic mass is 16.2. The van der Waals surface area contributed by atoms with Crippen LogP contribution >= 0.6 is 0 Å². The first-order valence-corrected chi connectivity index (χ1v) is 7.79. The van der Waals surface area contributed by atoms with Gasteiger partial charge in [-0.15, -0.1) is 0 Å². The highest BCUT2D eigenvalue weighted by Gasteiger charge is 2.52. The Kier molecular flexibility index (Phi) is 4.78. The fraction of sp³-hybridized carbons (Fsp3) is 0.800. The number of nitrogens with zero attached hydrogens (tertiary/aromatic N) is 1. The van der Waals surface area contributed by atoms with E-state index in [0.717, 1.165) is 44.9 Å². The maximum Gasteiger partial charge on any atom is 0.330 e. The summed E-state index contributed by atoms with van der Waals surface area (Å²) in [6.07, 6.45) is 7.88. The van der Waals surface area contributed by atoms with Crippen LogP contribution in [0.3, 0.4) is 0 Å². The minimum atomic E-state index is -0.976. The van der Waals surface area contributed by atoms with Crippen LogP contribution in [0.4, 0.5) is 4.79 Å². The van der Waals surface area contributed by atoms with Crippen LogP contribution < -0.4 is 5.32 Å². The van der Waals surface area contributed by atoms with Crippen molar-refractivity contribution in [2.24, 2.45) is 5.41 Å². The monoisotopic (exact) mass is 280 g/mol. The fourth-order valence-electron chi connectivity index (χ4n) is 3.23. The average Bonchev–Trinajstić information content (AvgIpc) is 2.68. The Hall–Kier alpha value is -1.39. The second kappa shape index (κ2) is 6.37. The summed E-state index contributed by atoms with van der Waals surface area (Å²) in [6, 6.07) is -0.536. The smallest absolute Gasteiger partial charge is 0.277 e. The molecule has 0 radical (unpaired) electrons. The topological polar surface area (TPSA) is 66.5 Å².